The summed E-state index contributed by atoms with van der Waals surface area (Å²) in [6.45, 7) is 6.79. The molecular weight excluding hydrogens is 98.9 g/mol. The summed E-state index contributed by atoms with van der Waals surface area (Å²) in [4.78, 5) is 0. The van der Waals surface area contributed by atoms with Gasteiger partial charge in [0.25, 0.3) is 0 Å². The van der Waals surface area contributed by atoms with Crippen LogP contribution >= 0.6 is 0 Å². The monoisotopic (exact) mass is 104 g/mol. The van der Waals surface area contributed by atoms with E-state index in [9.17, 15) is 4.21 Å². The van der Waals surface area contributed by atoms with Crippen molar-refractivity contribution in [1.82, 2.24) is 0 Å². The average molecular weight is 104 g/mol. The summed E-state index contributed by atoms with van der Waals surface area (Å²) in [6.07, 6.45) is 0. The molecule has 0 aliphatic rings. The molecule has 0 bridgehead atoms. The first-order valence-corrected chi connectivity index (χ1v) is 2.70. The summed E-state index contributed by atoms with van der Waals surface area (Å²) in [5.74, 6) is 0. The predicted molar refractivity (Wildman–Crippen MR) is 25.5 cm³/mol. The van der Waals surface area contributed by atoms with E-state index >= 15 is 0 Å². The van der Waals surface area contributed by atoms with Crippen LogP contribution in [0, 0.1) is 0 Å². The topological polar surface area (TPSA) is 26.3 Å². The molecule has 0 atom stereocenters. The Morgan fingerprint density at radius 3 is 2.50 bits per heavy atom. The molecule has 6 heavy (non-hydrogen) atoms. The van der Waals surface area contributed by atoms with Crippen molar-refractivity contribution in [3.05, 3.63) is 0 Å². The van der Waals surface area contributed by atoms with Gasteiger partial charge < -0.3 is 0 Å². The minimum atomic E-state index is -1.57. The van der Waals surface area contributed by atoms with Crippen LogP contribution in [0.5, 0.6) is 0 Å². The van der Waals surface area contributed by atoms with Crippen LogP contribution in [-0.2, 0) is 14.5 Å². The molecular formula is C2H5BO2S. The first kappa shape index (κ1) is 6.04. The molecule has 0 saturated heterocycles. The van der Waals surface area contributed by atoms with Crippen molar-refractivity contribution in [1.29, 1.82) is 0 Å². The number of rotatable bonds is 1. The standard InChI is InChI=1S/C2H5BO2S/c1-2-5-6(3)4/h2H2,1H3. The van der Waals surface area contributed by atoms with E-state index in [1.54, 1.807) is 6.92 Å². The van der Waals surface area contributed by atoms with E-state index in [-0.39, 0.29) is 0 Å². The third kappa shape index (κ3) is 4.04. The molecule has 0 aromatic rings. The van der Waals surface area contributed by atoms with Crippen molar-refractivity contribution in [2.75, 3.05) is 6.61 Å². The van der Waals surface area contributed by atoms with Crippen LogP contribution in [-0.4, -0.2) is 17.3 Å². The Balaban J connectivity index is 3.16. The Labute approximate surface area is 39.6 Å². The van der Waals surface area contributed by atoms with E-state index in [1.807, 2.05) is 0 Å². The second kappa shape index (κ2) is 3.24. The Kier molecular flexibility index (Phi) is 3.27. The third-order valence-corrected chi connectivity index (χ3v) is 0.702. The quantitative estimate of drug-likeness (QED) is 0.429. The normalized spacial score (nSPS) is 8.50. The molecule has 0 N–H and O–H groups in total. The van der Waals surface area contributed by atoms with Crippen molar-refractivity contribution in [2.45, 2.75) is 6.92 Å². The molecule has 0 aromatic heterocycles. The van der Waals surface area contributed by atoms with Crippen molar-refractivity contribution < 1.29 is 8.39 Å². The van der Waals surface area contributed by atoms with Crippen LogP contribution in [0.15, 0.2) is 0 Å². The van der Waals surface area contributed by atoms with Gasteiger partial charge in [-0.15, -0.1) is 0 Å². The fraction of sp³-hybridized carbons (Fsp3) is 1.00. The van der Waals surface area contributed by atoms with Crippen LogP contribution < -0.4 is 0 Å². The molecule has 0 saturated carbocycles. The Hall–Kier alpha value is 0.0449. The molecule has 0 radical (unpaired) electrons. The van der Waals surface area contributed by atoms with E-state index in [0.717, 1.165) is 0 Å². The number of hydrogen-bond acceptors (Lipinski definition) is 2. The second-order valence-electron chi connectivity index (χ2n) is 0.667. The second-order valence-corrected chi connectivity index (χ2v) is 1.42. The molecule has 4 heteroatoms. The van der Waals surface area contributed by atoms with Gasteiger partial charge in [-0.25, -0.2) is 0 Å². The summed E-state index contributed by atoms with van der Waals surface area (Å²) in [7, 11) is -1.57. The molecule has 0 unspecified atom stereocenters. The molecule has 0 aromatic carbocycles. The summed E-state index contributed by atoms with van der Waals surface area (Å²) >= 11 is 0. The predicted octanol–water partition coefficient (Wildman–Crippen LogP) is -0.230. The van der Waals surface area contributed by atoms with E-state index in [1.165, 1.54) is 0 Å². The average Bonchev–Trinajstić information content (AvgIpc) is 1.35. The third-order valence-electron chi connectivity index (χ3n) is 0.234. The summed E-state index contributed by atoms with van der Waals surface area (Å²) in [6, 6.07) is 0. The van der Waals surface area contributed by atoms with Gasteiger partial charge in [-0.3, -0.25) is 0 Å². The first-order valence-electron chi connectivity index (χ1n) is 1.56. The van der Waals surface area contributed by atoms with Gasteiger partial charge in [-0.2, -0.15) is 0 Å². The van der Waals surface area contributed by atoms with Crippen LogP contribution in [0.25, 0.3) is 0 Å². The SMILES string of the molecule is B#S(=O)OCC. The maximum atomic E-state index is 9.71. The van der Waals surface area contributed by atoms with Gasteiger partial charge in [0.05, 0.1) is 0 Å². The molecule has 0 fully saturated rings. The van der Waals surface area contributed by atoms with Gasteiger partial charge in [0, 0.05) is 0 Å². The summed E-state index contributed by atoms with van der Waals surface area (Å²) in [5.41, 5.74) is 0. The van der Waals surface area contributed by atoms with Gasteiger partial charge in [-0.05, 0) is 0 Å². The summed E-state index contributed by atoms with van der Waals surface area (Å²) < 4.78 is 14.0. The van der Waals surface area contributed by atoms with Crippen molar-refractivity contribution >= 4 is 16.8 Å². The van der Waals surface area contributed by atoms with Crippen LogP contribution in [0.1, 0.15) is 6.92 Å². The summed E-state index contributed by atoms with van der Waals surface area (Å²) in [5, 5.41) is 0. The molecule has 0 aliphatic carbocycles. The zero-order chi connectivity index (χ0) is 4.99. The van der Waals surface area contributed by atoms with Crippen molar-refractivity contribution in [2.24, 2.45) is 0 Å². The zero-order valence-corrected chi connectivity index (χ0v) is 4.33. The molecule has 34 valence electrons. The zero-order valence-electron chi connectivity index (χ0n) is 3.51. The van der Waals surface area contributed by atoms with Crippen molar-refractivity contribution in [3.8, 4) is 0 Å². The molecule has 0 spiro atoms. The van der Waals surface area contributed by atoms with E-state index in [2.05, 4.69) is 10.7 Å². The fourth-order valence-corrected chi connectivity index (χ4v) is 0.348. The molecule has 0 heterocycles. The minimum absolute atomic E-state index is 0.406. The first-order chi connectivity index (χ1) is 2.77. The van der Waals surface area contributed by atoms with Gasteiger partial charge in [0.2, 0.25) is 0 Å². The molecule has 0 rings (SSSR count). The number of hydrogen-bond donors (Lipinski definition) is 0. The Bertz CT molecular complexity index is 123. The van der Waals surface area contributed by atoms with Crippen LogP contribution in [0.4, 0.5) is 0 Å². The van der Waals surface area contributed by atoms with Crippen LogP contribution in [0.3, 0.4) is 0 Å². The van der Waals surface area contributed by atoms with E-state index < -0.39 is 10.3 Å². The Morgan fingerprint density at radius 1 is 2.00 bits per heavy atom. The van der Waals surface area contributed by atoms with Crippen molar-refractivity contribution in [3.63, 3.8) is 0 Å². The maximum absolute atomic E-state index is 9.71. The van der Waals surface area contributed by atoms with E-state index in [0.29, 0.717) is 6.61 Å². The van der Waals surface area contributed by atoms with Gasteiger partial charge in [0.15, 0.2) is 0 Å². The molecule has 0 amide bonds. The molecule has 0 aliphatic heterocycles. The van der Waals surface area contributed by atoms with Gasteiger partial charge in [0.1, 0.15) is 0 Å². The Morgan fingerprint density at radius 2 is 2.50 bits per heavy atom. The fourth-order valence-electron chi connectivity index (χ4n) is 0.116. The van der Waals surface area contributed by atoms with E-state index in [4.69, 9.17) is 0 Å². The molecule has 2 nitrogen and oxygen atoms in total. The van der Waals surface area contributed by atoms with Gasteiger partial charge >= 0.3 is 38.8 Å². The van der Waals surface area contributed by atoms with Crippen LogP contribution in [0.2, 0.25) is 0 Å². The van der Waals surface area contributed by atoms with Gasteiger partial charge in [-0.1, -0.05) is 0 Å².